The van der Waals surface area contributed by atoms with Crippen molar-refractivity contribution in [1.29, 1.82) is 0 Å². The van der Waals surface area contributed by atoms with Gasteiger partial charge in [-0.2, -0.15) is 0 Å². The molecular formula is C24H33N3O3S. The third-order valence-electron chi connectivity index (χ3n) is 5.57. The molecule has 0 aliphatic carbocycles. The molecule has 1 fully saturated rings. The smallest absolute Gasteiger partial charge is 0.318 e. The normalized spacial score (nSPS) is 24.0. The number of aliphatic hydroxyl groups is 1. The monoisotopic (exact) mass is 443 g/mol. The fourth-order valence-corrected chi connectivity index (χ4v) is 4.86. The van der Waals surface area contributed by atoms with Gasteiger partial charge in [-0.3, -0.25) is 4.79 Å². The Kier molecular flexibility index (Phi) is 7.06. The fraction of sp³-hybridized carbons (Fsp3) is 0.500. The second-order valence-electron chi connectivity index (χ2n) is 9.69. The molecule has 1 saturated heterocycles. The Bertz CT molecular complexity index is 875. The van der Waals surface area contributed by atoms with Gasteiger partial charge in [0.15, 0.2) is 0 Å². The number of carbonyl (C=O) groups is 2. The van der Waals surface area contributed by atoms with Crippen molar-refractivity contribution in [2.45, 2.75) is 64.8 Å². The molecule has 1 aromatic heterocycles. The maximum Gasteiger partial charge on any atom is 0.318 e. The number of hydrogen-bond donors (Lipinski definition) is 3. The van der Waals surface area contributed by atoms with E-state index in [-0.39, 0.29) is 17.4 Å². The number of piperidine rings is 1. The average Bonchev–Trinajstić information content (AvgIpc) is 3.21. The third kappa shape index (κ3) is 6.08. The van der Waals surface area contributed by atoms with Gasteiger partial charge in [0.05, 0.1) is 17.7 Å². The van der Waals surface area contributed by atoms with Crippen LogP contribution in [-0.4, -0.2) is 40.1 Å². The quantitative estimate of drug-likeness (QED) is 0.651. The summed E-state index contributed by atoms with van der Waals surface area (Å²) in [5.74, 6) is -0.120. The first-order valence-electron chi connectivity index (χ1n) is 10.7. The van der Waals surface area contributed by atoms with E-state index < -0.39 is 17.7 Å². The summed E-state index contributed by atoms with van der Waals surface area (Å²) in [5.41, 5.74) is -0.281. The molecule has 1 aliphatic rings. The second-order valence-corrected chi connectivity index (χ2v) is 10.7. The van der Waals surface area contributed by atoms with Gasteiger partial charge < -0.3 is 20.6 Å². The van der Waals surface area contributed by atoms with Crippen molar-refractivity contribution in [2.24, 2.45) is 5.41 Å². The van der Waals surface area contributed by atoms with E-state index in [2.05, 4.69) is 10.6 Å². The van der Waals surface area contributed by atoms with Gasteiger partial charge >= 0.3 is 6.03 Å². The van der Waals surface area contributed by atoms with Crippen molar-refractivity contribution in [3.8, 4) is 0 Å². The molecule has 1 aromatic carbocycles. The SMILES string of the molecule is CC(C)(C)CC(=O)NC1C(c2cccs2)N(C(=O)NCc2ccccc2)CCC1(C)O. The Hall–Kier alpha value is -2.38. The number of likely N-dealkylation sites (tertiary alicyclic amines) is 1. The van der Waals surface area contributed by atoms with Gasteiger partial charge in [0.1, 0.15) is 0 Å². The van der Waals surface area contributed by atoms with E-state index in [0.29, 0.717) is 25.9 Å². The first kappa shape index (κ1) is 23.3. The van der Waals surface area contributed by atoms with Crippen molar-refractivity contribution in [2.75, 3.05) is 6.54 Å². The van der Waals surface area contributed by atoms with Crippen LogP contribution in [-0.2, 0) is 11.3 Å². The lowest BCUT2D eigenvalue weighted by atomic mass is 9.81. The number of nitrogens with one attached hydrogen (secondary N) is 2. The zero-order valence-electron chi connectivity index (χ0n) is 18.7. The zero-order valence-corrected chi connectivity index (χ0v) is 19.5. The molecular weight excluding hydrogens is 410 g/mol. The predicted octanol–water partition coefficient (Wildman–Crippen LogP) is 4.08. The summed E-state index contributed by atoms with van der Waals surface area (Å²) >= 11 is 1.53. The van der Waals surface area contributed by atoms with Crippen LogP contribution in [0.3, 0.4) is 0 Å². The lowest BCUT2D eigenvalue weighted by Crippen LogP contribution is -2.64. The Morgan fingerprint density at radius 1 is 1.19 bits per heavy atom. The van der Waals surface area contributed by atoms with E-state index in [1.807, 2.05) is 68.6 Å². The highest BCUT2D eigenvalue weighted by Crippen LogP contribution is 2.39. The first-order chi connectivity index (χ1) is 14.6. The molecule has 3 unspecified atom stereocenters. The van der Waals surface area contributed by atoms with Crippen LogP contribution in [0.15, 0.2) is 47.8 Å². The van der Waals surface area contributed by atoms with Crippen molar-refractivity contribution < 1.29 is 14.7 Å². The fourth-order valence-electron chi connectivity index (χ4n) is 3.98. The number of hydrogen-bond acceptors (Lipinski definition) is 4. The number of urea groups is 1. The van der Waals surface area contributed by atoms with E-state index >= 15 is 0 Å². The molecule has 2 heterocycles. The number of rotatable bonds is 5. The van der Waals surface area contributed by atoms with Gasteiger partial charge in [-0.15, -0.1) is 11.3 Å². The number of carbonyl (C=O) groups excluding carboxylic acids is 2. The van der Waals surface area contributed by atoms with Crippen molar-refractivity contribution >= 4 is 23.3 Å². The maximum absolute atomic E-state index is 13.2. The highest BCUT2D eigenvalue weighted by Gasteiger charge is 2.48. The summed E-state index contributed by atoms with van der Waals surface area (Å²) in [5, 5.41) is 19.2. The summed E-state index contributed by atoms with van der Waals surface area (Å²) in [7, 11) is 0. The maximum atomic E-state index is 13.2. The summed E-state index contributed by atoms with van der Waals surface area (Å²) in [6, 6.07) is 12.4. The van der Waals surface area contributed by atoms with Crippen molar-refractivity contribution in [1.82, 2.24) is 15.5 Å². The van der Waals surface area contributed by atoms with Crippen LogP contribution in [0.25, 0.3) is 0 Å². The molecule has 3 amide bonds. The molecule has 0 bridgehead atoms. The van der Waals surface area contributed by atoms with Crippen LogP contribution in [0.5, 0.6) is 0 Å². The van der Waals surface area contributed by atoms with Crippen molar-refractivity contribution in [3.05, 3.63) is 58.3 Å². The van der Waals surface area contributed by atoms with E-state index in [1.165, 1.54) is 11.3 Å². The van der Waals surface area contributed by atoms with Gasteiger partial charge in [-0.1, -0.05) is 57.2 Å². The molecule has 7 heteroatoms. The molecule has 31 heavy (non-hydrogen) atoms. The topological polar surface area (TPSA) is 81.7 Å². The summed E-state index contributed by atoms with van der Waals surface area (Å²) < 4.78 is 0. The second kappa shape index (κ2) is 9.40. The minimum Gasteiger partial charge on any atom is -0.388 e. The van der Waals surface area contributed by atoms with Crippen LogP contribution in [0.2, 0.25) is 0 Å². The minimum absolute atomic E-state index is 0.120. The molecule has 1 aliphatic heterocycles. The molecule has 6 nitrogen and oxygen atoms in total. The minimum atomic E-state index is -1.13. The molecule has 3 rings (SSSR count). The molecule has 2 aromatic rings. The van der Waals surface area contributed by atoms with Crippen LogP contribution >= 0.6 is 11.3 Å². The molecule has 0 saturated carbocycles. The van der Waals surface area contributed by atoms with E-state index in [9.17, 15) is 14.7 Å². The van der Waals surface area contributed by atoms with Crippen LogP contribution in [0, 0.1) is 5.41 Å². The van der Waals surface area contributed by atoms with Crippen LogP contribution < -0.4 is 10.6 Å². The number of thiophene rings is 1. The Balaban J connectivity index is 1.83. The lowest BCUT2D eigenvalue weighted by Gasteiger charge is -2.48. The standard InChI is InChI=1S/C24H33N3O3S/c1-23(2,3)15-19(28)26-21-20(18-11-8-14-31-18)27(13-12-24(21,4)30)22(29)25-16-17-9-6-5-7-10-17/h5-11,14,20-21,30H,12-13,15-16H2,1-4H3,(H,25,29)(H,26,28). The van der Waals surface area contributed by atoms with E-state index in [4.69, 9.17) is 0 Å². The van der Waals surface area contributed by atoms with Crippen molar-refractivity contribution in [3.63, 3.8) is 0 Å². The van der Waals surface area contributed by atoms with E-state index in [1.54, 1.807) is 11.8 Å². The average molecular weight is 444 g/mol. The Morgan fingerprint density at radius 2 is 1.90 bits per heavy atom. The summed E-state index contributed by atoms with van der Waals surface area (Å²) in [6.45, 7) is 8.59. The molecule has 3 N–H and O–H groups in total. The van der Waals surface area contributed by atoms with Crippen LogP contribution in [0.1, 0.15) is 57.0 Å². The predicted molar refractivity (Wildman–Crippen MR) is 124 cm³/mol. The molecule has 3 atom stereocenters. The molecule has 0 spiro atoms. The van der Waals surface area contributed by atoms with Gasteiger partial charge in [-0.05, 0) is 35.8 Å². The van der Waals surface area contributed by atoms with Gasteiger partial charge in [-0.25, -0.2) is 4.79 Å². The highest BCUT2D eigenvalue weighted by atomic mass is 32.1. The Labute approximate surface area is 188 Å². The van der Waals surface area contributed by atoms with Gasteiger partial charge in [0, 0.05) is 24.4 Å². The summed E-state index contributed by atoms with van der Waals surface area (Å²) in [4.78, 5) is 28.6. The third-order valence-corrected chi connectivity index (χ3v) is 6.51. The summed E-state index contributed by atoms with van der Waals surface area (Å²) in [6.07, 6.45) is 0.727. The number of amides is 3. The highest BCUT2D eigenvalue weighted by molar-refractivity contribution is 7.10. The first-order valence-corrected chi connectivity index (χ1v) is 11.6. The molecule has 0 radical (unpaired) electrons. The Morgan fingerprint density at radius 3 is 2.52 bits per heavy atom. The molecule has 168 valence electrons. The van der Waals surface area contributed by atoms with Crippen LogP contribution in [0.4, 0.5) is 4.79 Å². The van der Waals surface area contributed by atoms with Gasteiger partial charge in [0.2, 0.25) is 5.91 Å². The van der Waals surface area contributed by atoms with Gasteiger partial charge in [0.25, 0.3) is 0 Å². The lowest BCUT2D eigenvalue weighted by molar-refractivity contribution is -0.129. The zero-order chi connectivity index (χ0) is 22.6. The number of benzene rings is 1. The largest absolute Gasteiger partial charge is 0.388 e. The van der Waals surface area contributed by atoms with E-state index in [0.717, 1.165) is 10.4 Å². The number of nitrogens with zero attached hydrogens (tertiary/aromatic N) is 1.